The zero-order valence-corrected chi connectivity index (χ0v) is 58.3. The highest BCUT2D eigenvalue weighted by atomic mass is 16.6. The van der Waals surface area contributed by atoms with Crippen molar-refractivity contribution in [3.63, 3.8) is 0 Å². The second-order valence-corrected chi connectivity index (χ2v) is 31.5. The zero-order valence-electron chi connectivity index (χ0n) is 58.3. The van der Waals surface area contributed by atoms with Crippen molar-refractivity contribution < 1.29 is 77.9 Å². The molecule has 4 radical (unpaired) electrons. The van der Waals surface area contributed by atoms with E-state index in [2.05, 4.69) is 0 Å². The van der Waals surface area contributed by atoms with Gasteiger partial charge in [-0.15, -0.1) is 41.1 Å². The molecule has 0 N–H and O–H groups in total. The van der Waals surface area contributed by atoms with Gasteiger partial charge in [0, 0.05) is 70.0 Å². The number of carbonyl (C=O) groups is 4. The van der Waals surface area contributed by atoms with Crippen molar-refractivity contribution in [1.29, 1.82) is 0 Å². The summed E-state index contributed by atoms with van der Waals surface area (Å²) in [7, 11) is 0. The summed E-state index contributed by atoms with van der Waals surface area (Å²) in [6, 6.07) is 0. The Morgan fingerprint density at radius 2 is 0.477 bits per heavy atom. The number of hydrogen-bond donors (Lipinski definition) is 0. The van der Waals surface area contributed by atoms with E-state index in [1.165, 1.54) is 0 Å². The third-order valence-corrected chi connectivity index (χ3v) is 19.2. The lowest BCUT2D eigenvalue weighted by Gasteiger charge is -2.49. The van der Waals surface area contributed by atoms with Crippen molar-refractivity contribution in [2.24, 2.45) is 10.8 Å². The molecule has 4 aliphatic heterocycles. The average Bonchev–Trinajstić information content (AvgIpc) is 1.28. The van der Waals surface area contributed by atoms with Gasteiger partial charge in [-0.1, -0.05) is 65.2 Å². The minimum absolute atomic E-state index is 0.0270. The van der Waals surface area contributed by atoms with Gasteiger partial charge in [0.1, 0.15) is 0 Å². The Morgan fingerprint density at radius 1 is 0.295 bits per heavy atom. The predicted octanol–water partition coefficient (Wildman–Crippen LogP) is 12.9. The van der Waals surface area contributed by atoms with Crippen LogP contribution in [0.1, 0.15) is 279 Å². The lowest BCUT2D eigenvalue weighted by molar-refractivity contribution is -0.301. The molecule has 0 amide bonds. The summed E-state index contributed by atoms with van der Waals surface area (Å²) in [5, 5.41) is 56.6. The number of nitrogens with zero attached hydrogens (tertiary/aromatic N) is 4. The summed E-state index contributed by atoms with van der Waals surface area (Å²) in [4.78, 5) is 58.3. The first-order valence-corrected chi connectivity index (χ1v) is 33.8. The van der Waals surface area contributed by atoms with Crippen molar-refractivity contribution in [2.75, 3.05) is 52.9 Å². The van der Waals surface area contributed by atoms with Crippen LogP contribution in [0.4, 0.5) is 0 Å². The van der Waals surface area contributed by atoms with Crippen LogP contribution in [0.2, 0.25) is 0 Å². The summed E-state index contributed by atoms with van der Waals surface area (Å²) in [6.07, 6.45) is 11.0. The largest absolute Gasteiger partial charge is 0.465 e. The van der Waals surface area contributed by atoms with Crippen LogP contribution in [0.15, 0.2) is 0 Å². The van der Waals surface area contributed by atoms with Crippen molar-refractivity contribution in [3.05, 3.63) is 0 Å². The highest BCUT2D eigenvalue weighted by Crippen LogP contribution is 2.43. The van der Waals surface area contributed by atoms with Crippen LogP contribution in [0.3, 0.4) is 0 Å². The van der Waals surface area contributed by atoms with Gasteiger partial charge in [0.2, 0.25) is 0 Å². The molecule has 4 fully saturated rings. The zero-order chi connectivity index (χ0) is 66.2. The van der Waals surface area contributed by atoms with E-state index in [1.807, 2.05) is 125 Å². The third-order valence-electron chi connectivity index (χ3n) is 19.2. The Morgan fingerprint density at radius 3 is 0.659 bits per heavy atom. The highest BCUT2D eigenvalue weighted by Gasteiger charge is 2.53. The minimum Gasteiger partial charge on any atom is -0.465 e. The molecule has 0 aromatic rings. The van der Waals surface area contributed by atoms with Gasteiger partial charge < -0.3 is 37.9 Å². The smallest absolute Gasteiger partial charge is 0.323 e. The summed E-state index contributed by atoms with van der Waals surface area (Å²) in [5.74, 6) is -2.56. The molecule has 20 nitrogen and oxygen atoms in total. The molecule has 0 spiro atoms. The van der Waals surface area contributed by atoms with Crippen LogP contribution in [0, 0.1) is 10.8 Å². The molecule has 0 aromatic carbocycles. The molecule has 20 heteroatoms. The topological polar surface area (TPSA) is 235 Å². The van der Waals surface area contributed by atoms with Gasteiger partial charge in [-0.3, -0.25) is 19.2 Å². The molecule has 0 saturated carbocycles. The number of hydroxylamine groups is 8. The van der Waals surface area contributed by atoms with Gasteiger partial charge in [-0.2, -0.15) is 0 Å². The van der Waals surface area contributed by atoms with E-state index in [4.69, 9.17) is 37.9 Å². The van der Waals surface area contributed by atoms with E-state index < -0.39 is 79.0 Å². The Kier molecular flexibility index (Phi) is 29.2. The quantitative estimate of drug-likeness (QED) is 0.0243. The molecule has 4 heterocycles. The number of unbranched alkanes of at least 4 members (excludes halogenated alkanes) is 5. The maximum absolute atomic E-state index is 14.6. The maximum atomic E-state index is 14.6. The molecule has 510 valence electrons. The SMILES string of the molecule is CCCCC(CCCCCCC(CCCC)(C(=O)OCCCOC1CC(C)(C)N([O])C(C)(C)C1)C(=O)OCCCOC1CC(C)(C)N([O])C(C)(C)C1)(C(=O)OCCCOC1CC(C)(C)N([O])C(C)(C)C1)C(=O)OCCCOC1CC(C)(C)N([O])C(C)(C)C1. The van der Waals surface area contributed by atoms with Crippen molar-refractivity contribution in [2.45, 2.75) is 347 Å². The molecule has 4 saturated heterocycles. The number of esters is 4. The van der Waals surface area contributed by atoms with Crippen molar-refractivity contribution in [1.82, 2.24) is 20.3 Å². The van der Waals surface area contributed by atoms with Crippen molar-refractivity contribution >= 4 is 23.9 Å². The number of hydrogen-bond acceptors (Lipinski definition) is 16. The Bertz CT molecular complexity index is 1820. The summed E-state index contributed by atoms with van der Waals surface area (Å²) in [5.41, 5.74) is -7.95. The lowest BCUT2D eigenvalue weighted by atomic mass is 9.76. The summed E-state index contributed by atoms with van der Waals surface area (Å²) in [6.45, 7) is 36.1. The first kappa shape index (κ1) is 77.8. The van der Waals surface area contributed by atoms with Crippen molar-refractivity contribution in [3.8, 4) is 0 Å². The van der Waals surface area contributed by atoms with Crippen LogP contribution >= 0.6 is 0 Å². The average molecular weight is 1250 g/mol. The molecule has 0 unspecified atom stereocenters. The molecule has 0 atom stereocenters. The number of rotatable bonds is 37. The van der Waals surface area contributed by atoms with Crippen LogP contribution in [0.5, 0.6) is 0 Å². The molecule has 4 aliphatic rings. The van der Waals surface area contributed by atoms with E-state index in [9.17, 15) is 40.0 Å². The van der Waals surface area contributed by atoms with E-state index in [0.29, 0.717) is 142 Å². The Balaban J connectivity index is 1.46. The number of piperidine rings is 4. The molecular weight excluding hydrogens is 1130 g/mol. The molecular formula is C68H122N4O16. The number of carbonyl (C=O) groups excluding carboxylic acids is 4. The monoisotopic (exact) mass is 1250 g/mol. The Hall–Kier alpha value is -2.60. The van der Waals surface area contributed by atoms with Crippen LogP contribution in [0.25, 0.3) is 0 Å². The van der Waals surface area contributed by atoms with Gasteiger partial charge in [0.25, 0.3) is 0 Å². The van der Waals surface area contributed by atoms with E-state index in [1.54, 1.807) is 0 Å². The predicted molar refractivity (Wildman–Crippen MR) is 333 cm³/mol. The van der Waals surface area contributed by atoms with Gasteiger partial charge in [-0.25, -0.2) is 0 Å². The standard InChI is InChI=1S/C68H122N4O16/c1-19-21-31-67(55(73)85-39-27-35-81-51-43-59(3,4)69(77)60(5,6)44-51,56(74)86-40-28-36-82-52-45-61(7,8)70(78)62(9,10)46-52)33-25-23-24-26-34-68(32-22-20-2,57(75)87-41-29-37-83-53-47-63(11,12)71(79)64(13,14)48-53)58(76)88-42-30-38-84-54-49-65(15,16)72(80)66(17,18)50-54/h51-54H,19-50H2,1-18H3. The fourth-order valence-electron chi connectivity index (χ4n) is 15.0. The fourth-order valence-corrected chi connectivity index (χ4v) is 15.0. The highest BCUT2D eigenvalue weighted by molar-refractivity contribution is 6.00. The van der Waals surface area contributed by atoms with Gasteiger partial charge in [0.15, 0.2) is 10.8 Å². The van der Waals surface area contributed by atoms with Gasteiger partial charge in [0.05, 0.1) is 77.3 Å². The van der Waals surface area contributed by atoms with E-state index in [-0.39, 0.29) is 76.5 Å². The Labute approximate surface area is 531 Å². The normalized spacial score (nSPS) is 22.8. The summed E-state index contributed by atoms with van der Waals surface area (Å²) < 4.78 is 49.1. The van der Waals surface area contributed by atoms with Crippen LogP contribution in [-0.2, 0) is 77.9 Å². The molecule has 0 aliphatic carbocycles. The molecule has 4 rings (SSSR count). The van der Waals surface area contributed by atoms with E-state index >= 15 is 0 Å². The molecule has 0 bridgehead atoms. The first-order valence-electron chi connectivity index (χ1n) is 33.8. The maximum Gasteiger partial charge on any atom is 0.323 e. The van der Waals surface area contributed by atoms with Crippen LogP contribution < -0.4 is 0 Å². The van der Waals surface area contributed by atoms with Gasteiger partial charge >= 0.3 is 23.9 Å². The second-order valence-electron chi connectivity index (χ2n) is 31.5. The fraction of sp³-hybridized carbons (Fsp3) is 0.941. The van der Waals surface area contributed by atoms with Gasteiger partial charge in [-0.05, 0) is 188 Å². The van der Waals surface area contributed by atoms with E-state index in [0.717, 1.165) is 33.1 Å². The molecule has 88 heavy (non-hydrogen) atoms. The second kappa shape index (κ2) is 33.0. The minimum atomic E-state index is -1.59. The molecule has 0 aromatic heterocycles. The van der Waals surface area contributed by atoms with Crippen LogP contribution in [-0.4, -0.2) is 166 Å². The first-order chi connectivity index (χ1) is 40.8. The lowest BCUT2D eigenvalue weighted by Crippen LogP contribution is -2.59. The summed E-state index contributed by atoms with van der Waals surface area (Å²) >= 11 is 0. The number of ether oxygens (including phenoxy) is 8. The third kappa shape index (κ3) is 21.5.